The first kappa shape index (κ1) is 17.7. The number of carboxylic acids is 1. The van der Waals surface area contributed by atoms with Crippen LogP contribution < -0.4 is 10.9 Å². The number of hydrogen-bond donors (Lipinski definition) is 4. The smallest absolute Gasteiger partial charge is 0.323 e. The van der Waals surface area contributed by atoms with Crippen LogP contribution in [0.2, 0.25) is 0 Å². The Bertz CT molecular complexity index is 732. The number of nitrogens with one attached hydrogen (secondary N) is 2. The highest BCUT2D eigenvalue weighted by molar-refractivity contribution is 7.80. The number of aliphatic carboxylic acids is 1. The van der Waals surface area contributed by atoms with E-state index in [1.165, 1.54) is 12.1 Å². The van der Waals surface area contributed by atoms with E-state index in [1.807, 2.05) is 6.07 Å². The molecule has 0 aromatic heterocycles. The van der Waals surface area contributed by atoms with Gasteiger partial charge in [0.25, 0.3) is 5.91 Å². The minimum atomic E-state index is -1.12. The molecule has 2 aromatic carbocycles. The van der Waals surface area contributed by atoms with Crippen molar-refractivity contribution in [3.8, 4) is 0 Å². The SMILES string of the molecule is O=C(NN[C@@H](CS)C(=O)O)c1ccc(C(=O)c2ccccc2)cc1. The van der Waals surface area contributed by atoms with Crippen LogP contribution in [0.1, 0.15) is 26.3 Å². The lowest BCUT2D eigenvalue weighted by atomic mass is 10.0. The number of benzene rings is 2. The monoisotopic (exact) mass is 344 g/mol. The van der Waals surface area contributed by atoms with Crippen molar-refractivity contribution >= 4 is 30.3 Å². The van der Waals surface area contributed by atoms with E-state index in [2.05, 4.69) is 23.5 Å². The number of thiol groups is 1. The Labute approximate surface area is 144 Å². The standard InChI is InChI=1S/C17H16N2O4S/c20-15(11-4-2-1-3-5-11)12-6-8-13(9-7-12)16(21)19-18-14(10-24)17(22)23/h1-9,14,18,24H,10H2,(H,19,21)(H,22,23)/t14-/m0/s1. The molecule has 0 saturated carbocycles. The van der Waals surface area contributed by atoms with Crippen LogP contribution in [0.15, 0.2) is 54.6 Å². The van der Waals surface area contributed by atoms with Gasteiger partial charge in [-0.1, -0.05) is 42.5 Å². The minimum Gasteiger partial charge on any atom is -0.480 e. The van der Waals surface area contributed by atoms with E-state index in [4.69, 9.17) is 5.11 Å². The predicted octanol–water partition coefficient (Wildman–Crippen LogP) is 1.53. The molecule has 0 unspecified atom stereocenters. The lowest BCUT2D eigenvalue weighted by molar-refractivity contribution is -0.139. The number of carboxylic acid groups (broad SMARTS) is 1. The maximum atomic E-state index is 12.3. The molecule has 124 valence electrons. The van der Waals surface area contributed by atoms with E-state index in [0.29, 0.717) is 16.7 Å². The van der Waals surface area contributed by atoms with Crippen LogP contribution in [0.4, 0.5) is 0 Å². The van der Waals surface area contributed by atoms with Gasteiger partial charge in [0, 0.05) is 22.4 Å². The van der Waals surface area contributed by atoms with Gasteiger partial charge in [-0.05, 0) is 12.1 Å². The Morgan fingerprint density at radius 2 is 1.46 bits per heavy atom. The highest BCUT2D eigenvalue weighted by Crippen LogP contribution is 2.11. The van der Waals surface area contributed by atoms with E-state index in [0.717, 1.165) is 0 Å². The molecule has 0 aliphatic heterocycles. The third kappa shape index (κ3) is 4.43. The number of hydrazine groups is 1. The first-order valence-electron chi connectivity index (χ1n) is 7.12. The molecule has 3 N–H and O–H groups in total. The summed E-state index contributed by atoms with van der Waals surface area (Å²) in [7, 11) is 0. The average molecular weight is 344 g/mol. The van der Waals surface area contributed by atoms with Crippen LogP contribution in [0.25, 0.3) is 0 Å². The van der Waals surface area contributed by atoms with Gasteiger partial charge in [0.2, 0.25) is 0 Å². The fourth-order valence-electron chi connectivity index (χ4n) is 1.94. The zero-order valence-electron chi connectivity index (χ0n) is 12.6. The van der Waals surface area contributed by atoms with Crippen molar-refractivity contribution in [2.24, 2.45) is 0 Å². The summed E-state index contributed by atoms with van der Waals surface area (Å²) in [5.74, 6) is -1.72. The van der Waals surface area contributed by atoms with Crippen LogP contribution >= 0.6 is 12.6 Å². The minimum absolute atomic E-state index is 0.0279. The predicted molar refractivity (Wildman–Crippen MR) is 92.2 cm³/mol. The quantitative estimate of drug-likeness (QED) is 0.347. The largest absolute Gasteiger partial charge is 0.480 e. The van der Waals surface area contributed by atoms with Crippen molar-refractivity contribution < 1.29 is 19.5 Å². The van der Waals surface area contributed by atoms with Gasteiger partial charge < -0.3 is 5.11 Å². The first-order valence-corrected chi connectivity index (χ1v) is 7.75. The second kappa shape index (κ2) is 8.28. The lowest BCUT2D eigenvalue weighted by Crippen LogP contribution is -2.49. The summed E-state index contributed by atoms with van der Waals surface area (Å²) in [6.45, 7) is 0. The van der Waals surface area contributed by atoms with Gasteiger partial charge in [-0.25, -0.2) is 5.43 Å². The molecule has 0 spiro atoms. The fourth-order valence-corrected chi connectivity index (χ4v) is 2.19. The van der Waals surface area contributed by atoms with Crippen molar-refractivity contribution in [1.82, 2.24) is 10.9 Å². The second-order valence-electron chi connectivity index (χ2n) is 4.94. The molecule has 0 heterocycles. The fraction of sp³-hybridized carbons (Fsp3) is 0.118. The Kier molecular flexibility index (Phi) is 6.11. The van der Waals surface area contributed by atoms with Crippen molar-refractivity contribution in [3.05, 3.63) is 71.3 Å². The summed E-state index contributed by atoms with van der Waals surface area (Å²) in [4.78, 5) is 35.1. The highest BCUT2D eigenvalue weighted by Gasteiger charge is 2.16. The third-order valence-corrected chi connectivity index (χ3v) is 3.65. The van der Waals surface area contributed by atoms with Gasteiger partial charge in [-0.15, -0.1) is 0 Å². The molecular weight excluding hydrogens is 328 g/mol. The van der Waals surface area contributed by atoms with Crippen molar-refractivity contribution in [3.63, 3.8) is 0 Å². The molecule has 0 aliphatic rings. The summed E-state index contributed by atoms with van der Waals surface area (Å²) < 4.78 is 0. The summed E-state index contributed by atoms with van der Waals surface area (Å²) in [5.41, 5.74) is 6.02. The van der Waals surface area contributed by atoms with Gasteiger partial charge >= 0.3 is 5.97 Å². The Balaban J connectivity index is 2.02. The van der Waals surface area contributed by atoms with Crippen LogP contribution in [0.5, 0.6) is 0 Å². The van der Waals surface area contributed by atoms with Crippen LogP contribution in [-0.4, -0.2) is 34.6 Å². The van der Waals surface area contributed by atoms with Crippen LogP contribution in [-0.2, 0) is 4.79 Å². The molecule has 7 heteroatoms. The number of hydrogen-bond acceptors (Lipinski definition) is 5. The number of rotatable bonds is 7. The van der Waals surface area contributed by atoms with Gasteiger partial charge in [-0.3, -0.25) is 19.8 Å². The van der Waals surface area contributed by atoms with E-state index in [1.54, 1.807) is 36.4 Å². The van der Waals surface area contributed by atoms with E-state index >= 15 is 0 Å². The summed E-state index contributed by atoms with van der Waals surface area (Å²) >= 11 is 3.88. The zero-order valence-corrected chi connectivity index (χ0v) is 13.5. The van der Waals surface area contributed by atoms with Crippen molar-refractivity contribution in [2.75, 3.05) is 5.75 Å². The van der Waals surface area contributed by atoms with Gasteiger partial charge in [-0.2, -0.15) is 12.6 Å². The van der Waals surface area contributed by atoms with Crippen molar-refractivity contribution in [2.45, 2.75) is 6.04 Å². The highest BCUT2D eigenvalue weighted by atomic mass is 32.1. The summed E-state index contributed by atoms with van der Waals surface area (Å²) in [6, 6.07) is 13.9. The normalized spacial score (nSPS) is 11.5. The molecule has 0 fully saturated rings. The molecule has 0 bridgehead atoms. The molecule has 2 rings (SSSR count). The topological polar surface area (TPSA) is 95.5 Å². The Morgan fingerprint density at radius 3 is 2.00 bits per heavy atom. The first-order chi connectivity index (χ1) is 11.5. The zero-order chi connectivity index (χ0) is 17.5. The number of carbonyl (C=O) groups excluding carboxylic acids is 2. The molecular formula is C17H16N2O4S. The van der Waals surface area contributed by atoms with Gasteiger partial charge in [0.05, 0.1) is 0 Å². The van der Waals surface area contributed by atoms with Crippen LogP contribution in [0, 0.1) is 0 Å². The van der Waals surface area contributed by atoms with Gasteiger partial charge in [0.15, 0.2) is 5.78 Å². The average Bonchev–Trinajstić information content (AvgIpc) is 2.62. The number of carbonyl (C=O) groups is 3. The number of amides is 1. The Morgan fingerprint density at radius 1 is 0.917 bits per heavy atom. The van der Waals surface area contributed by atoms with E-state index in [9.17, 15) is 14.4 Å². The molecule has 2 aromatic rings. The lowest BCUT2D eigenvalue weighted by Gasteiger charge is -2.13. The maximum Gasteiger partial charge on any atom is 0.323 e. The molecule has 24 heavy (non-hydrogen) atoms. The van der Waals surface area contributed by atoms with E-state index in [-0.39, 0.29) is 11.5 Å². The molecule has 1 amide bonds. The second-order valence-corrected chi connectivity index (χ2v) is 5.31. The summed E-state index contributed by atoms with van der Waals surface area (Å²) in [5, 5.41) is 8.86. The molecule has 0 aliphatic carbocycles. The molecule has 0 saturated heterocycles. The van der Waals surface area contributed by atoms with Crippen molar-refractivity contribution in [1.29, 1.82) is 0 Å². The Hall–Kier alpha value is -2.64. The summed E-state index contributed by atoms with van der Waals surface area (Å²) in [6.07, 6.45) is 0. The maximum absolute atomic E-state index is 12.3. The molecule has 0 radical (unpaired) electrons. The van der Waals surface area contributed by atoms with Crippen LogP contribution in [0.3, 0.4) is 0 Å². The molecule has 6 nitrogen and oxygen atoms in total. The number of ketones is 1. The van der Waals surface area contributed by atoms with E-state index < -0.39 is 17.9 Å². The third-order valence-electron chi connectivity index (χ3n) is 3.29. The molecule has 1 atom stereocenters. The van der Waals surface area contributed by atoms with Gasteiger partial charge in [0.1, 0.15) is 6.04 Å².